The smallest absolute Gasteiger partial charge is 0.245 e. The Morgan fingerprint density at radius 3 is 3.08 bits per heavy atom. The van der Waals surface area contributed by atoms with Crippen molar-refractivity contribution in [1.29, 1.82) is 0 Å². The predicted octanol–water partition coefficient (Wildman–Crippen LogP) is -2.08. The van der Waals surface area contributed by atoms with Crippen molar-refractivity contribution in [2.24, 2.45) is 0 Å². The number of hydrogen-bond acceptors (Lipinski definition) is 4. The number of hydrogen-bond donors (Lipinski definition) is 2. The van der Waals surface area contributed by atoms with Gasteiger partial charge in [0, 0.05) is 19.6 Å². The highest BCUT2D eigenvalue weighted by molar-refractivity contribution is 6.01. The molecule has 0 saturated carbocycles. The molecule has 1 unspecified atom stereocenters. The van der Waals surface area contributed by atoms with E-state index in [1.807, 2.05) is 4.90 Å². The van der Waals surface area contributed by atoms with Crippen molar-refractivity contribution < 1.29 is 9.59 Å². The zero-order valence-electron chi connectivity index (χ0n) is 6.67. The van der Waals surface area contributed by atoms with Gasteiger partial charge in [-0.1, -0.05) is 0 Å². The molecule has 2 aliphatic rings. The molecule has 0 aromatic rings. The van der Waals surface area contributed by atoms with Crippen molar-refractivity contribution in [3.05, 3.63) is 0 Å². The molecule has 0 spiro atoms. The van der Waals surface area contributed by atoms with Gasteiger partial charge in [0.05, 0.1) is 6.54 Å². The van der Waals surface area contributed by atoms with Gasteiger partial charge >= 0.3 is 0 Å². The summed E-state index contributed by atoms with van der Waals surface area (Å²) in [5.74, 6) is -0.350. The summed E-state index contributed by atoms with van der Waals surface area (Å²) >= 11 is 0. The van der Waals surface area contributed by atoms with Crippen LogP contribution in [0.1, 0.15) is 0 Å². The van der Waals surface area contributed by atoms with E-state index >= 15 is 0 Å². The van der Waals surface area contributed by atoms with E-state index in [9.17, 15) is 9.59 Å². The summed E-state index contributed by atoms with van der Waals surface area (Å²) in [5.41, 5.74) is 0. The summed E-state index contributed by atoms with van der Waals surface area (Å²) in [6.45, 7) is 2.65. The van der Waals surface area contributed by atoms with Crippen molar-refractivity contribution >= 4 is 11.8 Å². The molecule has 0 bridgehead atoms. The van der Waals surface area contributed by atoms with Crippen molar-refractivity contribution in [1.82, 2.24) is 15.5 Å². The molecule has 2 N–H and O–H groups in total. The Kier molecular flexibility index (Phi) is 1.82. The van der Waals surface area contributed by atoms with Crippen molar-refractivity contribution in [2.45, 2.75) is 6.04 Å². The molecule has 5 heteroatoms. The summed E-state index contributed by atoms with van der Waals surface area (Å²) in [6.07, 6.45) is 0. The van der Waals surface area contributed by atoms with E-state index in [1.165, 1.54) is 0 Å². The molecule has 0 aromatic carbocycles. The molecular formula is C7H11N3O2. The number of nitrogens with one attached hydrogen (secondary N) is 2. The molecule has 2 aliphatic heterocycles. The second-order valence-corrected chi connectivity index (χ2v) is 3.10. The lowest BCUT2D eigenvalue weighted by Crippen LogP contribution is -2.64. The van der Waals surface area contributed by atoms with Crippen molar-refractivity contribution in [3.63, 3.8) is 0 Å². The molecule has 2 amide bonds. The SMILES string of the molecule is O=C1CN2CCNCC2C(=O)N1. The predicted molar refractivity (Wildman–Crippen MR) is 41.4 cm³/mol. The van der Waals surface area contributed by atoms with Gasteiger partial charge in [0.1, 0.15) is 6.04 Å². The minimum Gasteiger partial charge on any atom is -0.313 e. The fourth-order valence-corrected chi connectivity index (χ4v) is 1.64. The van der Waals surface area contributed by atoms with Crippen LogP contribution in [0.15, 0.2) is 0 Å². The van der Waals surface area contributed by atoms with Gasteiger partial charge in [0.25, 0.3) is 0 Å². The van der Waals surface area contributed by atoms with Gasteiger partial charge in [-0.15, -0.1) is 0 Å². The minimum atomic E-state index is -0.182. The quantitative estimate of drug-likeness (QED) is 0.408. The zero-order valence-corrected chi connectivity index (χ0v) is 6.67. The molecule has 66 valence electrons. The van der Waals surface area contributed by atoms with Crippen LogP contribution in [-0.2, 0) is 9.59 Å². The Morgan fingerprint density at radius 2 is 2.25 bits per heavy atom. The maximum atomic E-state index is 11.2. The first-order valence-corrected chi connectivity index (χ1v) is 4.06. The third-order valence-corrected chi connectivity index (χ3v) is 2.27. The second-order valence-electron chi connectivity index (χ2n) is 3.10. The van der Waals surface area contributed by atoms with Crippen LogP contribution in [-0.4, -0.2) is 48.9 Å². The van der Waals surface area contributed by atoms with Gasteiger partial charge in [0.2, 0.25) is 11.8 Å². The lowest BCUT2D eigenvalue weighted by atomic mass is 10.1. The van der Waals surface area contributed by atoms with Gasteiger partial charge < -0.3 is 5.32 Å². The van der Waals surface area contributed by atoms with E-state index in [2.05, 4.69) is 10.6 Å². The van der Waals surface area contributed by atoms with Crippen LogP contribution in [0.4, 0.5) is 0 Å². The lowest BCUT2D eigenvalue weighted by molar-refractivity contribution is -0.140. The average molecular weight is 169 g/mol. The van der Waals surface area contributed by atoms with E-state index in [0.29, 0.717) is 13.1 Å². The molecule has 0 aliphatic carbocycles. The molecule has 0 radical (unpaired) electrons. The first-order chi connectivity index (χ1) is 5.77. The topological polar surface area (TPSA) is 61.4 Å². The first-order valence-electron chi connectivity index (χ1n) is 4.06. The largest absolute Gasteiger partial charge is 0.313 e. The Labute approximate surface area is 70.1 Å². The highest BCUT2D eigenvalue weighted by Crippen LogP contribution is 2.06. The molecule has 2 saturated heterocycles. The first kappa shape index (κ1) is 7.70. The van der Waals surface area contributed by atoms with Gasteiger partial charge in [-0.25, -0.2) is 0 Å². The fraction of sp³-hybridized carbons (Fsp3) is 0.714. The number of nitrogens with zero attached hydrogens (tertiary/aromatic N) is 1. The van der Waals surface area contributed by atoms with E-state index in [0.717, 1.165) is 13.1 Å². The Balaban J connectivity index is 2.11. The van der Waals surface area contributed by atoms with Crippen LogP contribution in [0.25, 0.3) is 0 Å². The minimum absolute atomic E-state index is 0.142. The number of carbonyl (C=O) groups is 2. The normalized spacial score (nSPS) is 31.2. The number of fused-ring (bicyclic) bond motifs is 1. The van der Waals surface area contributed by atoms with Crippen LogP contribution in [0.2, 0.25) is 0 Å². The molecule has 2 rings (SSSR count). The second kappa shape index (κ2) is 2.84. The van der Waals surface area contributed by atoms with Crippen LogP contribution >= 0.6 is 0 Å². The molecule has 12 heavy (non-hydrogen) atoms. The van der Waals surface area contributed by atoms with E-state index < -0.39 is 0 Å². The number of piperazine rings is 2. The van der Waals surface area contributed by atoms with Gasteiger partial charge in [-0.05, 0) is 0 Å². The third kappa shape index (κ3) is 1.21. The summed E-state index contributed by atoms with van der Waals surface area (Å²) in [4.78, 5) is 24.1. The Hall–Kier alpha value is -0.940. The van der Waals surface area contributed by atoms with Crippen LogP contribution < -0.4 is 10.6 Å². The Bertz CT molecular complexity index is 229. The van der Waals surface area contributed by atoms with Gasteiger partial charge in [-0.2, -0.15) is 0 Å². The summed E-state index contributed by atoms with van der Waals surface area (Å²) < 4.78 is 0. The fourth-order valence-electron chi connectivity index (χ4n) is 1.64. The van der Waals surface area contributed by atoms with Crippen molar-refractivity contribution in [2.75, 3.05) is 26.2 Å². The molecule has 2 heterocycles. The summed E-state index contributed by atoms with van der Waals surface area (Å²) in [7, 11) is 0. The van der Waals surface area contributed by atoms with Crippen LogP contribution in [0, 0.1) is 0 Å². The maximum Gasteiger partial charge on any atom is 0.245 e. The number of imide groups is 1. The number of amides is 2. The van der Waals surface area contributed by atoms with E-state index in [-0.39, 0.29) is 17.9 Å². The van der Waals surface area contributed by atoms with Crippen LogP contribution in [0.5, 0.6) is 0 Å². The molecular weight excluding hydrogens is 158 g/mol. The van der Waals surface area contributed by atoms with Gasteiger partial charge in [-0.3, -0.25) is 19.8 Å². The monoisotopic (exact) mass is 169 g/mol. The summed E-state index contributed by atoms with van der Waals surface area (Å²) in [5, 5.41) is 5.43. The third-order valence-electron chi connectivity index (χ3n) is 2.27. The highest BCUT2D eigenvalue weighted by Gasteiger charge is 2.34. The number of rotatable bonds is 0. The maximum absolute atomic E-state index is 11.2. The molecule has 0 aromatic heterocycles. The van der Waals surface area contributed by atoms with Crippen LogP contribution in [0.3, 0.4) is 0 Å². The van der Waals surface area contributed by atoms with Crippen molar-refractivity contribution in [3.8, 4) is 0 Å². The highest BCUT2D eigenvalue weighted by atomic mass is 16.2. The molecule has 5 nitrogen and oxygen atoms in total. The van der Waals surface area contributed by atoms with E-state index in [1.54, 1.807) is 0 Å². The van der Waals surface area contributed by atoms with Gasteiger partial charge in [0.15, 0.2) is 0 Å². The summed E-state index contributed by atoms with van der Waals surface area (Å²) in [6, 6.07) is -0.142. The average Bonchev–Trinajstić information content (AvgIpc) is 2.04. The lowest BCUT2D eigenvalue weighted by Gasteiger charge is -2.37. The zero-order chi connectivity index (χ0) is 8.55. The Morgan fingerprint density at radius 1 is 1.42 bits per heavy atom. The van der Waals surface area contributed by atoms with E-state index in [4.69, 9.17) is 0 Å². The number of carbonyl (C=O) groups excluding carboxylic acids is 2. The molecule has 1 atom stereocenters. The standard InChI is InChI=1S/C7H11N3O2/c11-6-4-10-2-1-8-3-5(10)7(12)9-6/h5,8H,1-4H2,(H,9,11,12). The molecule has 2 fully saturated rings.